The lowest BCUT2D eigenvalue weighted by atomic mass is 9.73. The van der Waals surface area contributed by atoms with Crippen LogP contribution in [0.5, 0.6) is 0 Å². The number of benzene rings is 1. The van der Waals surface area contributed by atoms with Gasteiger partial charge >= 0.3 is 0 Å². The van der Waals surface area contributed by atoms with Crippen molar-refractivity contribution in [3.05, 3.63) is 59.9 Å². The first-order chi connectivity index (χ1) is 18.9. The number of nitrogens with one attached hydrogen (secondary N) is 1. The van der Waals surface area contributed by atoms with Gasteiger partial charge in [0.1, 0.15) is 17.2 Å². The maximum atomic E-state index is 10.7. The summed E-state index contributed by atoms with van der Waals surface area (Å²) < 4.78 is 6.33. The van der Waals surface area contributed by atoms with E-state index in [9.17, 15) is 5.11 Å². The Morgan fingerprint density at radius 3 is 2.42 bits per heavy atom. The van der Waals surface area contributed by atoms with Gasteiger partial charge in [-0.2, -0.15) is 4.98 Å². The maximum Gasteiger partial charge on any atom is 0.229 e. The Balaban J connectivity index is 1.33. The van der Waals surface area contributed by atoms with Gasteiger partial charge in [-0.1, -0.05) is 13.0 Å². The SMILES string of the molecule is CN1CCN(c2ccc(Nc3ncc4c(n3)N(c3cccc(C(C)(C)O)n3)[C@@H]3CC(C)(C)OC[C@]43C)cc2)CC1. The molecule has 2 atom stereocenters. The Kier molecular flexibility index (Phi) is 6.52. The molecule has 3 aliphatic heterocycles. The molecule has 0 radical (unpaired) electrons. The van der Waals surface area contributed by atoms with E-state index in [0.29, 0.717) is 18.2 Å². The lowest BCUT2D eigenvalue weighted by molar-refractivity contribution is -0.0893. The van der Waals surface area contributed by atoms with Crippen molar-refractivity contribution in [3.8, 4) is 0 Å². The highest BCUT2D eigenvalue weighted by atomic mass is 16.5. The van der Waals surface area contributed by atoms with Gasteiger partial charge in [0.15, 0.2) is 0 Å². The van der Waals surface area contributed by atoms with Gasteiger partial charge < -0.3 is 29.9 Å². The Morgan fingerprint density at radius 2 is 1.73 bits per heavy atom. The predicted molar refractivity (Wildman–Crippen MR) is 159 cm³/mol. The summed E-state index contributed by atoms with van der Waals surface area (Å²) in [6, 6.07) is 14.4. The fourth-order valence-electron chi connectivity index (χ4n) is 6.11. The molecule has 0 unspecified atom stereocenters. The first-order valence-electron chi connectivity index (χ1n) is 14.2. The monoisotopic (exact) mass is 543 g/mol. The molecule has 3 aromatic rings. The largest absolute Gasteiger partial charge is 0.384 e. The molecule has 0 amide bonds. The van der Waals surface area contributed by atoms with Crippen LogP contribution in [0.3, 0.4) is 0 Å². The van der Waals surface area contributed by atoms with E-state index in [1.54, 1.807) is 13.8 Å². The molecule has 0 spiro atoms. The molecule has 2 saturated heterocycles. The van der Waals surface area contributed by atoms with Crippen molar-refractivity contribution < 1.29 is 9.84 Å². The number of hydrogen-bond donors (Lipinski definition) is 2. The number of ether oxygens (including phenoxy) is 1. The van der Waals surface area contributed by atoms with Crippen LogP contribution < -0.4 is 15.1 Å². The molecular weight excluding hydrogens is 502 g/mol. The molecule has 0 bridgehead atoms. The number of aromatic nitrogens is 3. The van der Waals surface area contributed by atoms with Gasteiger partial charge in [-0.05, 0) is 77.6 Å². The van der Waals surface area contributed by atoms with E-state index in [-0.39, 0.29) is 17.1 Å². The maximum absolute atomic E-state index is 10.7. The summed E-state index contributed by atoms with van der Waals surface area (Å²) >= 11 is 0. The number of nitrogens with zero attached hydrogens (tertiary/aromatic N) is 6. The fraction of sp³-hybridized carbons (Fsp3) is 0.516. The second kappa shape index (κ2) is 9.68. The molecule has 2 fully saturated rings. The standard InChI is InChI=1S/C31H41N7O2/c1-29(2)18-25-31(5,20-40-29)23-19-32-28(33-21-10-12-22(13-11-21)37-16-14-36(6)15-17-37)35-27(23)38(25)26-9-7-8-24(34-26)30(3,4)39/h7-13,19,25,39H,14-18,20H2,1-6H3,(H,32,33,35)/t25-,31-/m1/s1. The van der Waals surface area contributed by atoms with E-state index in [1.165, 1.54) is 5.69 Å². The van der Waals surface area contributed by atoms with Gasteiger partial charge in [0.25, 0.3) is 0 Å². The Bertz CT molecular complexity index is 1380. The van der Waals surface area contributed by atoms with Gasteiger partial charge in [-0.3, -0.25) is 0 Å². The van der Waals surface area contributed by atoms with Gasteiger partial charge in [0.05, 0.1) is 23.9 Å². The average molecular weight is 544 g/mol. The van der Waals surface area contributed by atoms with Crippen molar-refractivity contribution in [1.29, 1.82) is 0 Å². The van der Waals surface area contributed by atoms with E-state index in [0.717, 1.165) is 55.5 Å². The zero-order chi connectivity index (χ0) is 28.3. The molecule has 40 heavy (non-hydrogen) atoms. The lowest BCUT2D eigenvalue weighted by Gasteiger charge is -2.46. The second-order valence-electron chi connectivity index (χ2n) is 12.9. The van der Waals surface area contributed by atoms with E-state index < -0.39 is 5.60 Å². The molecule has 6 rings (SSSR count). The van der Waals surface area contributed by atoms with E-state index in [1.807, 2.05) is 24.4 Å². The van der Waals surface area contributed by atoms with Crippen LogP contribution in [0.4, 0.5) is 29.0 Å². The zero-order valence-electron chi connectivity index (χ0n) is 24.5. The molecular formula is C31H41N7O2. The molecule has 3 aliphatic rings. The molecule has 0 saturated carbocycles. The van der Waals surface area contributed by atoms with Crippen molar-refractivity contribution in [3.63, 3.8) is 0 Å². The van der Waals surface area contributed by atoms with Crippen molar-refractivity contribution >= 4 is 29.0 Å². The number of pyridine rings is 1. The number of aliphatic hydroxyl groups is 1. The molecule has 9 heteroatoms. The summed E-state index contributed by atoms with van der Waals surface area (Å²) in [7, 11) is 2.17. The molecule has 1 aromatic carbocycles. The Hall–Kier alpha value is -3.27. The van der Waals surface area contributed by atoms with Crippen LogP contribution in [-0.4, -0.2) is 76.4 Å². The van der Waals surface area contributed by atoms with Crippen LogP contribution in [0.15, 0.2) is 48.7 Å². The average Bonchev–Trinajstić information content (AvgIpc) is 3.16. The van der Waals surface area contributed by atoms with Gasteiger partial charge in [0.2, 0.25) is 5.95 Å². The topological polar surface area (TPSA) is 89.9 Å². The number of rotatable bonds is 5. The van der Waals surface area contributed by atoms with Gasteiger partial charge in [-0.15, -0.1) is 0 Å². The first-order valence-corrected chi connectivity index (χ1v) is 14.2. The number of piperazine rings is 1. The number of hydrogen-bond acceptors (Lipinski definition) is 9. The molecule has 2 N–H and O–H groups in total. The smallest absolute Gasteiger partial charge is 0.229 e. The summed E-state index contributed by atoms with van der Waals surface area (Å²) in [6.07, 6.45) is 2.75. The fourth-order valence-corrected chi connectivity index (χ4v) is 6.11. The van der Waals surface area contributed by atoms with Crippen LogP contribution in [0, 0.1) is 0 Å². The van der Waals surface area contributed by atoms with E-state index in [4.69, 9.17) is 19.7 Å². The summed E-state index contributed by atoms with van der Waals surface area (Å²) in [6.45, 7) is 14.8. The zero-order valence-corrected chi connectivity index (χ0v) is 24.5. The predicted octanol–water partition coefficient (Wildman–Crippen LogP) is 4.57. The quantitative estimate of drug-likeness (QED) is 0.480. The van der Waals surface area contributed by atoms with Crippen molar-refractivity contribution in [1.82, 2.24) is 19.9 Å². The highest BCUT2D eigenvalue weighted by Crippen LogP contribution is 2.53. The van der Waals surface area contributed by atoms with E-state index in [2.05, 4.69) is 72.1 Å². The summed E-state index contributed by atoms with van der Waals surface area (Å²) in [4.78, 5) is 21.7. The van der Waals surface area contributed by atoms with Gasteiger partial charge in [0, 0.05) is 54.7 Å². The van der Waals surface area contributed by atoms with Crippen molar-refractivity contribution in [2.45, 2.75) is 63.7 Å². The minimum Gasteiger partial charge on any atom is -0.384 e. The minimum absolute atomic E-state index is 0.0863. The van der Waals surface area contributed by atoms with Crippen LogP contribution in [0.2, 0.25) is 0 Å². The Morgan fingerprint density at radius 1 is 1.00 bits per heavy atom. The number of fused-ring (bicyclic) bond motifs is 3. The lowest BCUT2D eigenvalue weighted by Crippen LogP contribution is -2.54. The minimum atomic E-state index is -1.05. The molecule has 5 heterocycles. The number of anilines is 5. The third-order valence-electron chi connectivity index (χ3n) is 8.71. The molecule has 0 aliphatic carbocycles. The summed E-state index contributed by atoms with van der Waals surface area (Å²) in [5.74, 6) is 2.14. The second-order valence-corrected chi connectivity index (χ2v) is 12.9. The van der Waals surface area contributed by atoms with Crippen LogP contribution in [-0.2, 0) is 15.8 Å². The van der Waals surface area contributed by atoms with E-state index >= 15 is 0 Å². The summed E-state index contributed by atoms with van der Waals surface area (Å²) in [5.41, 5.74) is 2.23. The van der Waals surface area contributed by atoms with Crippen LogP contribution in [0.25, 0.3) is 0 Å². The highest BCUT2D eigenvalue weighted by molar-refractivity contribution is 5.71. The normalized spacial score (nSPS) is 24.5. The summed E-state index contributed by atoms with van der Waals surface area (Å²) in [5, 5.41) is 14.1. The van der Waals surface area contributed by atoms with Crippen LogP contribution >= 0.6 is 0 Å². The third kappa shape index (κ3) is 4.91. The Labute approximate surface area is 237 Å². The molecule has 212 valence electrons. The number of likely N-dealkylation sites (N-methyl/N-ethyl adjacent to an activating group) is 1. The molecule has 9 nitrogen and oxygen atoms in total. The third-order valence-corrected chi connectivity index (χ3v) is 8.71. The van der Waals surface area contributed by atoms with Crippen molar-refractivity contribution in [2.24, 2.45) is 0 Å². The van der Waals surface area contributed by atoms with Gasteiger partial charge in [-0.25, -0.2) is 9.97 Å². The first kappa shape index (κ1) is 26.9. The van der Waals surface area contributed by atoms with Crippen molar-refractivity contribution in [2.75, 3.05) is 55.0 Å². The van der Waals surface area contributed by atoms with Crippen LogP contribution in [0.1, 0.15) is 52.3 Å². The highest BCUT2D eigenvalue weighted by Gasteiger charge is 2.55. The molecule has 2 aromatic heterocycles.